The Balaban J connectivity index is 1.58. The lowest BCUT2D eigenvalue weighted by atomic mass is 10.1. The van der Waals surface area contributed by atoms with Crippen molar-refractivity contribution in [3.05, 3.63) is 45.8 Å². The Bertz CT molecular complexity index is 752. The van der Waals surface area contributed by atoms with Gasteiger partial charge in [0.15, 0.2) is 5.16 Å². The van der Waals surface area contributed by atoms with Gasteiger partial charge in [0.1, 0.15) is 5.82 Å². The molecular formula is C16H18N4O2S. The van der Waals surface area contributed by atoms with Crippen LogP contribution in [-0.2, 0) is 0 Å². The molecular weight excluding hydrogens is 312 g/mol. The first-order valence-corrected chi connectivity index (χ1v) is 8.87. The Morgan fingerprint density at radius 2 is 2.09 bits per heavy atom. The molecule has 120 valence electrons. The number of thioether (sulfide) groups is 1. The van der Waals surface area contributed by atoms with E-state index in [-0.39, 0.29) is 15.9 Å². The normalized spacial score (nSPS) is 18.8. The first kappa shape index (κ1) is 14.7. The number of nitrogens with zero attached hydrogens (tertiary/aromatic N) is 4. The topological polar surface area (TPSA) is 73.8 Å². The number of non-ortho nitro benzene ring substituents is 1. The van der Waals surface area contributed by atoms with Gasteiger partial charge in [-0.2, -0.15) is 0 Å². The SMILES string of the molecule is C[C@H](Sc1nnc(C2CC2)n1C1CC1)c1cccc([N+](=O)[O-])c1. The zero-order valence-corrected chi connectivity index (χ0v) is 13.7. The zero-order chi connectivity index (χ0) is 16.0. The maximum Gasteiger partial charge on any atom is 0.269 e. The number of aromatic nitrogens is 3. The molecule has 7 heteroatoms. The average molecular weight is 330 g/mol. The van der Waals surface area contributed by atoms with Crippen molar-refractivity contribution in [2.75, 3.05) is 0 Å². The number of rotatable bonds is 6. The zero-order valence-electron chi connectivity index (χ0n) is 12.9. The molecule has 1 aromatic carbocycles. The van der Waals surface area contributed by atoms with E-state index in [2.05, 4.69) is 21.7 Å². The van der Waals surface area contributed by atoms with Crippen LogP contribution >= 0.6 is 11.8 Å². The summed E-state index contributed by atoms with van der Waals surface area (Å²) < 4.78 is 2.32. The Hall–Kier alpha value is -1.89. The lowest BCUT2D eigenvalue weighted by Gasteiger charge is -2.13. The van der Waals surface area contributed by atoms with Gasteiger partial charge in [0, 0.05) is 29.3 Å². The highest BCUT2D eigenvalue weighted by Crippen LogP contribution is 2.47. The third kappa shape index (κ3) is 2.97. The van der Waals surface area contributed by atoms with Crippen LogP contribution in [0.4, 0.5) is 5.69 Å². The summed E-state index contributed by atoms with van der Waals surface area (Å²) in [4.78, 5) is 10.6. The second-order valence-electron chi connectivity index (χ2n) is 6.33. The summed E-state index contributed by atoms with van der Waals surface area (Å²) in [5.74, 6) is 1.73. The molecule has 0 amide bonds. The highest BCUT2D eigenvalue weighted by Gasteiger charge is 2.36. The average Bonchev–Trinajstić information content (AvgIpc) is 3.46. The molecule has 0 radical (unpaired) electrons. The fourth-order valence-electron chi connectivity index (χ4n) is 2.78. The van der Waals surface area contributed by atoms with E-state index in [0.29, 0.717) is 12.0 Å². The molecule has 2 aliphatic carbocycles. The van der Waals surface area contributed by atoms with Crippen molar-refractivity contribution in [1.82, 2.24) is 14.8 Å². The third-order valence-corrected chi connectivity index (χ3v) is 5.49. The van der Waals surface area contributed by atoms with Crippen LogP contribution in [0.15, 0.2) is 29.4 Å². The van der Waals surface area contributed by atoms with Crippen molar-refractivity contribution >= 4 is 17.4 Å². The molecule has 2 aromatic rings. The fourth-order valence-corrected chi connectivity index (χ4v) is 3.82. The van der Waals surface area contributed by atoms with Crippen molar-refractivity contribution < 1.29 is 4.92 Å². The molecule has 2 aliphatic rings. The minimum absolute atomic E-state index is 0.101. The number of hydrogen-bond acceptors (Lipinski definition) is 5. The highest BCUT2D eigenvalue weighted by atomic mass is 32.2. The van der Waals surface area contributed by atoms with Crippen molar-refractivity contribution in [3.63, 3.8) is 0 Å². The predicted octanol–water partition coefficient (Wildman–Crippen LogP) is 4.25. The minimum atomic E-state index is -0.348. The van der Waals surface area contributed by atoms with Gasteiger partial charge >= 0.3 is 0 Å². The highest BCUT2D eigenvalue weighted by molar-refractivity contribution is 7.99. The lowest BCUT2D eigenvalue weighted by Crippen LogP contribution is -2.03. The van der Waals surface area contributed by atoms with Crippen LogP contribution in [0.25, 0.3) is 0 Å². The third-order valence-electron chi connectivity index (χ3n) is 4.38. The largest absolute Gasteiger partial charge is 0.303 e. The smallest absolute Gasteiger partial charge is 0.269 e. The maximum absolute atomic E-state index is 10.9. The van der Waals surface area contributed by atoms with Crippen molar-refractivity contribution in [1.29, 1.82) is 0 Å². The minimum Gasteiger partial charge on any atom is -0.303 e. The van der Waals surface area contributed by atoms with E-state index in [1.54, 1.807) is 23.9 Å². The predicted molar refractivity (Wildman–Crippen MR) is 87.6 cm³/mol. The van der Waals surface area contributed by atoms with Crippen LogP contribution in [0.5, 0.6) is 0 Å². The molecule has 0 aliphatic heterocycles. The van der Waals surface area contributed by atoms with Crippen LogP contribution in [0, 0.1) is 10.1 Å². The summed E-state index contributed by atoms with van der Waals surface area (Å²) in [7, 11) is 0. The summed E-state index contributed by atoms with van der Waals surface area (Å²) in [6, 6.07) is 7.41. The summed E-state index contributed by atoms with van der Waals surface area (Å²) in [6.45, 7) is 2.06. The Morgan fingerprint density at radius 3 is 2.74 bits per heavy atom. The van der Waals surface area contributed by atoms with E-state index in [0.717, 1.165) is 16.5 Å². The summed E-state index contributed by atoms with van der Waals surface area (Å²) in [5.41, 5.74) is 1.08. The molecule has 0 N–H and O–H groups in total. The van der Waals surface area contributed by atoms with Gasteiger partial charge in [-0.05, 0) is 38.2 Å². The number of nitro groups is 1. The van der Waals surface area contributed by atoms with Gasteiger partial charge in [-0.3, -0.25) is 10.1 Å². The van der Waals surface area contributed by atoms with Gasteiger partial charge in [-0.15, -0.1) is 10.2 Å². The Kier molecular flexibility index (Phi) is 3.60. The van der Waals surface area contributed by atoms with Crippen molar-refractivity contribution in [2.45, 2.75) is 55.0 Å². The van der Waals surface area contributed by atoms with Gasteiger partial charge in [0.25, 0.3) is 5.69 Å². The van der Waals surface area contributed by atoms with Gasteiger partial charge in [0.05, 0.1) is 4.92 Å². The summed E-state index contributed by atoms with van der Waals surface area (Å²) in [5, 5.41) is 20.8. The molecule has 6 nitrogen and oxygen atoms in total. The van der Waals surface area contributed by atoms with Crippen molar-refractivity contribution in [2.24, 2.45) is 0 Å². The Morgan fingerprint density at radius 1 is 1.30 bits per heavy atom. The van der Waals surface area contributed by atoms with E-state index in [9.17, 15) is 10.1 Å². The quantitative estimate of drug-likeness (QED) is 0.449. The van der Waals surface area contributed by atoms with Crippen LogP contribution in [0.1, 0.15) is 61.2 Å². The van der Waals surface area contributed by atoms with Crippen LogP contribution in [0.3, 0.4) is 0 Å². The van der Waals surface area contributed by atoms with E-state index >= 15 is 0 Å². The van der Waals surface area contributed by atoms with Crippen LogP contribution in [0.2, 0.25) is 0 Å². The van der Waals surface area contributed by atoms with E-state index in [4.69, 9.17) is 0 Å². The van der Waals surface area contributed by atoms with Crippen molar-refractivity contribution in [3.8, 4) is 0 Å². The molecule has 2 saturated carbocycles. The molecule has 1 atom stereocenters. The molecule has 23 heavy (non-hydrogen) atoms. The van der Waals surface area contributed by atoms with Crippen LogP contribution < -0.4 is 0 Å². The van der Waals surface area contributed by atoms with E-state index < -0.39 is 0 Å². The van der Waals surface area contributed by atoms with Gasteiger partial charge in [-0.25, -0.2) is 0 Å². The van der Waals surface area contributed by atoms with E-state index in [1.807, 2.05) is 6.07 Å². The van der Waals surface area contributed by atoms with Gasteiger partial charge < -0.3 is 4.57 Å². The molecule has 0 spiro atoms. The summed E-state index contributed by atoms with van der Waals surface area (Å²) in [6.07, 6.45) is 4.85. The second kappa shape index (κ2) is 5.63. The Labute approximate surface area is 138 Å². The number of benzene rings is 1. The molecule has 1 heterocycles. The first-order chi connectivity index (χ1) is 11.1. The van der Waals surface area contributed by atoms with E-state index in [1.165, 1.54) is 31.7 Å². The monoisotopic (exact) mass is 330 g/mol. The lowest BCUT2D eigenvalue weighted by molar-refractivity contribution is -0.384. The fraction of sp³-hybridized carbons (Fsp3) is 0.500. The molecule has 0 bridgehead atoms. The number of hydrogen-bond donors (Lipinski definition) is 0. The van der Waals surface area contributed by atoms with Crippen LogP contribution in [-0.4, -0.2) is 19.7 Å². The molecule has 0 unspecified atom stereocenters. The standard InChI is InChI=1S/C16H18N4O2S/c1-10(12-3-2-4-14(9-12)20(21)22)23-16-18-17-15(11-5-6-11)19(16)13-7-8-13/h2-4,9-11,13H,5-8H2,1H3/t10-/m0/s1. The molecule has 1 aromatic heterocycles. The molecule has 2 fully saturated rings. The first-order valence-electron chi connectivity index (χ1n) is 7.99. The number of nitro benzene ring substituents is 1. The molecule has 4 rings (SSSR count). The van der Waals surface area contributed by atoms with Gasteiger partial charge in [0.2, 0.25) is 0 Å². The molecule has 0 saturated heterocycles. The second-order valence-corrected chi connectivity index (χ2v) is 7.64. The maximum atomic E-state index is 10.9. The van der Waals surface area contributed by atoms with Gasteiger partial charge in [-0.1, -0.05) is 23.9 Å². The summed E-state index contributed by atoms with van der Waals surface area (Å²) >= 11 is 1.64.